The average Bonchev–Trinajstić information content (AvgIpc) is 2.87. The molecule has 0 atom stereocenters. The molecule has 1 N–H and O–H groups in total. The molecule has 2 rings (SSSR count). The first kappa shape index (κ1) is 15.7. The Morgan fingerprint density at radius 1 is 1.24 bits per heavy atom. The minimum atomic E-state index is -4.43. The molecule has 0 heterocycles. The maximum Gasteiger partial charge on any atom is 0.411 e. The van der Waals surface area contributed by atoms with Crippen molar-refractivity contribution in [3.63, 3.8) is 0 Å². The summed E-state index contributed by atoms with van der Waals surface area (Å²) in [4.78, 5) is 11.8. The molecule has 21 heavy (non-hydrogen) atoms. The molecule has 1 aliphatic rings. The molecule has 1 aromatic rings. The third-order valence-electron chi connectivity index (χ3n) is 3.77. The van der Waals surface area contributed by atoms with E-state index in [1.54, 1.807) is 24.3 Å². The Hall–Kier alpha value is -1.72. The summed E-state index contributed by atoms with van der Waals surface area (Å²) < 4.78 is 44.6. The molecule has 6 heteroatoms. The van der Waals surface area contributed by atoms with Crippen molar-refractivity contribution < 1.29 is 22.7 Å². The third-order valence-corrected chi connectivity index (χ3v) is 3.77. The van der Waals surface area contributed by atoms with Gasteiger partial charge in [-0.15, -0.1) is 0 Å². The number of carbonyl (C=O) groups is 1. The van der Waals surface area contributed by atoms with E-state index in [1.807, 2.05) is 6.92 Å². The fraction of sp³-hybridized carbons (Fsp3) is 0.533. The van der Waals surface area contributed by atoms with Crippen molar-refractivity contribution in [1.82, 2.24) is 5.32 Å². The van der Waals surface area contributed by atoms with E-state index in [9.17, 15) is 18.0 Å². The molecule has 0 bridgehead atoms. The molecule has 0 aromatic heterocycles. The molecule has 116 valence electrons. The predicted molar refractivity (Wildman–Crippen MR) is 72.1 cm³/mol. The normalized spacial score (nSPS) is 17.5. The highest BCUT2D eigenvalue weighted by Gasteiger charge is 2.56. The maximum atomic E-state index is 13.1. The first-order valence-corrected chi connectivity index (χ1v) is 6.90. The number of hydrogen-bond acceptors (Lipinski definition) is 2. The van der Waals surface area contributed by atoms with Crippen LogP contribution in [0.3, 0.4) is 0 Å². The highest BCUT2D eigenvalue weighted by Crippen LogP contribution is 2.42. The molecule has 1 aliphatic carbocycles. The van der Waals surface area contributed by atoms with Gasteiger partial charge in [0.15, 0.2) is 6.61 Å². The van der Waals surface area contributed by atoms with Crippen LogP contribution < -0.4 is 10.1 Å². The highest BCUT2D eigenvalue weighted by atomic mass is 19.4. The second-order valence-electron chi connectivity index (χ2n) is 5.44. The Balaban J connectivity index is 1.93. The summed E-state index contributed by atoms with van der Waals surface area (Å²) in [6.45, 7) is 1.49. The molecule has 0 spiro atoms. The minimum Gasteiger partial charge on any atom is -0.484 e. The van der Waals surface area contributed by atoms with E-state index in [0.717, 1.165) is 5.56 Å². The largest absolute Gasteiger partial charge is 0.484 e. The summed E-state index contributed by atoms with van der Waals surface area (Å²) in [5.74, 6) is -0.280. The Kier molecular flexibility index (Phi) is 4.44. The van der Waals surface area contributed by atoms with E-state index >= 15 is 0 Å². The van der Waals surface area contributed by atoms with Crippen molar-refractivity contribution >= 4 is 5.91 Å². The summed E-state index contributed by atoms with van der Waals surface area (Å²) in [7, 11) is 0. The van der Waals surface area contributed by atoms with Crippen LogP contribution in [0.1, 0.15) is 31.2 Å². The number of hydrogen-bond donors (Lipinski definition) is 1. The molecule has 0 unspecified atom stereocenters. The zero-order valence-corrected chi connectivity index (χ0v) is 11.8. The van der Waals surface area contributed by atoms with Crippen LogP contribution in [-0.2, 0) is 4.79 Å². The molecular formula is C15H18F3NO2. The van der Waals surface area contributed by atoms with Crippen LogP contribution in [0.5, 0.6) is 5.75 Å². The summed E-state index contributed by atoms with van der Waals surface area (Å²) in [5.41, 5.74) is -1.05. The van der Waals surface area contributed by atoms with Crippen LogP contribution >= 0.6 is 0 Å². The first-order valence-electron chi connectivity index (χ1n) is 6.90. The van der Waals surface area contributed by atoms with Gasteiger partial charge < -0.3 is 10.1 Å². The van der Waals surface area contributed by atoms with Crippen LogP contribution in [0.2, 0.25) is 0 Å². The van der Waals surface area contributed by atoms with Gasteiger partial charge in [0.2, 0.25) is 0 Å². The van der Waals surface area contributed by atoms with Crippen molar-refractivity contribution in [2.45, 2.75) is 44.3 Å². The molecule has 0 radical (unpaired) electrons. The van der Waals surface area contributed by atoms with Crippen molar-refractivity contribution in [2.24, 2.45) is 0 Å². The lowest BCUT2D eigenvalue weighted by molar-refractivity contribution is -0.197. The molecule has 1 amide bonds. The Bertz CT molecular complexity index is 491. The van der Waals surface area contributed by atoms with Crippen molar-refractivity contribution in [2.75, 3.05) is 6.61 Å². The number of benzene rings is 1. The van der Waals surface area contributed by atoms with Crippen molar-refractivity contribution in [3.05, 3.63) is 29.8 Å². The van der Waals surface area contributed by atoms with Gasteiger partial charge in [-0.3, -0.25) is 4.79 Å². The van der Waals surface area contributed by atoms with Gasteiger partial charge in [-0.2, -0.15) is 13.2 Å². The number of aryl methyl sites for hydroxylation is 1. The molecule has 1 saturated carbocycles. The highest BCUT2D eigenvalue weighted by molar-refractivity contribution is 5.78. The number of amides is 1. The van der Waals surface area contributed by atoms with Crippen molar-refractivity contribution in [3.8, 4) is 5.75 Å². The lowest BCUT2D eigenvalue weighted by Crippen LogP contribution is -2.57. The number of carbonyl (C=O) groups excluding carboxylic acids is 1. The second-order valence-corrected chi connectivity index (χ2v) is 5.44. The molecular weight excluding hydrogens is 283 g/mol. The quantitative estimate of drug-likeness (QED) is 0.926. The standard InChI is InChI=1S/C15H18F3NO2/c1-11-4-6-12(7-5-11)21-10-13(20)19-14(15(16,17)18)8-2-3-9-14/h4-7H,2-3,8-10H2,1H3,(H,19,20). The Labute approximate surface area is 121 Å². The summed E-state index contributed by atoms with van der Waals surface area (Å²) >= 11 is 0. The van der Waals surface area contributed by atoms with Crippen molar-refractivity contribution in [1.29, 1.82) is 0 Å². The zero-order chi connectivity index (χ0) is 15.5. The van der Waals surface area contributed by atoms with Gasteiger partial charge in [-0.25, -0.2) is 0 Å². The van der Waals surface area contributed by atoms with Gasteiger partial charge in [0.25, 0.3) is 5.91 Å². The smallest absolute Gasteiger partial charge is 0.411 e. The average molecular weight is 301 g/mol. The van der Waals surface area contributed by atoms with Crippen LogP contribution in [0.15, 0.2) is 24.3 Å². The van der Waals surface area contributed by atoms with Gasteiger partial charge >= 0.3 is 6.18 Å². The SMILES string of the molecule is Cc1ccc(OCC(=O)NC2(C(F)(F)F)CCCC2)cc1. The minimum absolute atomic E-state index is 0.0627. The number of rotatable bonds is 4. The molecule has 0 saturated heterocycles. The predicted octanol–water partition coefficient (Wildman–Crippen LogP) is 3.37. The zero-order valence-electron chi connectivity index (χ0n) is 11.8. The monoisotopic (exact) mass is 301 g/mol. The third kappa shape index (κ3) is 3.68. The summed E-state index contributed by atoms with van der Waals surface area (Å²) in [5, 5.41) is 2.13. The van der Waals surface area contributed by atoms with Crippen LogP contribution in [0.4, 0.5) is 13.2 Å². The van der Waals surface area contributed by atoms with Gasteiger partial charge in [0.1, 0.15) is 11.3 Å². The number of nitrogens with one attached hydrogen (secondary N) is 1. The second kappa shape index (κ2) is 5.95. The Morgan fingerprint density at radius 2 is 1.81 bits per heavy atom. The fourth-order valence-corrected chi connectivity index (χ4v) is 2.54. The summed E-state index contributed by atoms with van der Waals surface area (Å²) in [6.07, 6.45) is -3.61. The van der Waals surface area contributed by atoms with E-state index < -0.39 is 24.2 Å². The topological polar surface area (TPSA) is 38.3 Å². The number of halogens is 3. The van der Waals surface area contributed by atoms with Crippen LogP contribution in [0, 0.1) is 6.92 Å². The van der Waals surface area contributed by atoms with E-state index in [1.165, 1.54) is 0 Å². The van der Waals surface area contributed by atoms with Crippen LogP contribution in [0.25, 0.3) is 0 Å². The molecule has 1 fully saturated rings. The molecule has 1 aromatic carbocycles. The Morgan fingerprint density at radius 3 is 2.33 bits per heavy atom. The fourth-order valence-electron chi connectivity index (χ4n) is 2.54. The van der Waals surface area contributed by atoms with Gasteiger partial charge in [-0.1, -0.05) is 30.5 Å². The van der Waals surface area contributed by atoms with E-state index in [0.29, 0.717) is 18.6 Å². The van der Waals surface area contributed by atoms with E-state index in [-0.39, 0.29) is 12.8 Å². The van der Waals surface area contributed by atoms with E-state index in [4.69, 9.17) is 4.74 Å². The molecule has 0 aliphatic heterocycles. The first-order chi connectivity index (χ1) is 9.82. The van der Waals surface area contributed by atoms with Gasteiger partial charge in [0.05, 0.1) is 0 Å². The molecule has 3 nitrogen and oxygen atoms in total. The maximum absolute atomic E-state index is 13.1. The number of ether oxygens (including phenoxy) is 1. The van der Waals surface area contributed by atoms with E-state index in [2.05, 4.69) is 5.32 Å². The number of alkyl halides is 3. The van der Waals surface area contributed by atoms with Gasteiger partial charge in [-0.05, 0) is 31.9 Å². The van der Waals surface area contributed by atoms with Crippen LogP contribution in [-0.4, -0.2) is 24.2 Å². The summed E-state index contributed by atoms with van der Waals surface area (Å²) in [6, 6.07) is 6.97. The lowest BCUT2D eigenvalue weighted by Gasteiger charge is -2.32. The van der Waals surface area contributed by atoms with Gasteiger partial charge in [0, 0.05) is 0 Å². The lowest BCUT2D eigenvalue weighted by atomic mass is 9.97.